The van der Waals surface area contributed by atoms with Crippen molar-refractivity contribution in [2.24, 2.45) is 5.92 Å². The molecule has 0 radical (unpaired) electrons. The zero-order valence-electron chi connectivity index (χ0n) is 16.0. The molecule has 0 aliphatic heterocycles. The minimum Gasteiger partial charge on any atom is -0.497 e. The summed E-state index contributed by atoms with van der Waals surface area (Å²) in [6, 6.07) is 14.4. The lowest BCUT2D eigenvalue weighted by molar-refractivity contribution is -0.119. The first kappa shape index (κ1) is 21.1. The zero-order chi connectivity index (χ0) is 20.5. The van der Waals surface area contributed by atoms with Crippen LogP contribution in [0.3, 0.4) is 0 Å². The van der Waals surface area contributed by atoms with Gasteiger partial charge in [0.25, 0.3) is 0 Å². The first-order valence-electron chi connectivity index (χ1n) is 8.72. The highest BCUT2D eigenvalue weighted by molar-refractivity contribution is 7.80. The van der Waals surface area contributed by atoms with Gasteiger partial charge in [0, 0.05) is 23.4 Å². The summed E-state index contributed by atoms with van der Waals surface area (Å²) in [5.41, 5.74) is 2.17. The van der Waals surface area contributed by atoms with Gasteiger partial charge in [-0.1, -0.05) is 32.0 Å². The average Bonchev–Trinajstić information content (AvgIpc) is 2.66. The highest BCUT2D eigenvalue weighted by Crippen LogP contribution is 2.16. The van der Waals surface area contributed by atoms with Crippen molar-refractivity contribution in [1.82, 2.24) is 5.32 Å². The Labute approximate surface area is 170 Å². The topological polar surface area (TPSA) is 79.5 Å². The molecule has 2 aromatic rings. The first-order chi connectivity index (χ1) is 13.4. The summed E-state index contributed by atoms with van der Waals surface area (Å²) >= 11 is 5.17. The summed E-state index contributed by atoms with van der Waals surface area (Å²) < 4.78 is 5.09. The number of carbonyl (C=O) groups excluding carboxylic acids is 2. The second-order valence-corrected chi connectivity index (χ2v) is 6.68. The predicted molar refractivity (Wildman–Crippen MR) is 116 cm³/mol. The van der Waals surface area contributed by atoms with Gasteiger partial charge in [-0.25, -0.2) is 0 Å². The van der Waals surface area contributed by atoms with E-state index in [1.807, 2.05) is 38.1 Å². The predicted octanol–water partition coefficient (Wildman–Crippen LogP) is 3.82. The van der Waals surface area contributed by atoms with E-state index >= 15 is 0 Å². The van der Waals surface area contributed by atoms with Crippen LogP contribution < -0.4 is 20.7 Å². The highest BCUT2D eigenvalue weighted by Gasteiger charge is 2.08. The van der Waals surface area contributed by atoms with Crippen LogP contribution in [0, 0.1) is 5.92 Å². The quantitative estimate of drug-likeness (QED) is 0.510. The number of benzene rings is 2. The number of methoxy groups -OCH3 is 1. The van der Waals surface area contributed by atoms with Gasteiger partial charge in [0.1, 0.15) is 5.75 Å². The Kier molecular flexibility index (Phi) is 7.71. The summed E-state index contributed by atoms with van der Waals surface area (Å²) in [7, 11) is 1.60. The number of thiocarbonyl (C=S) groups is 1. The lowest BCUT2D eigenvalue weighted by atomic mass is 10.2. The fraction of sp³-hybridized carbons (Fsp3) is 0.190. The number of hydrogen-bond acceptors (Lipinski definition) is 4. The Bertz CT molecular complexity index is 877. The van der Waals surface area contributed by atoms with Gasteiger partial charge in [0.05, 0.1) is 7.11 Å². The van der Waals surface area contributed by atoms with Crippen LogP contribution >= 0.6 is 12.2 Å². The van der Waals surface area contributed by atoms with Crippen molar-refractivity contribution in [3.8, 4) is 5.75 Å². The molecule has 0 saturated carbocycles. The van der Waals surface area contributed by atoms with Gasteiger partial charge >= 0.3 is 0 Å². The molecule has 0 saturated heterocycles. The van der Waals surface area contributed by atoms with E-state index in [4.69, 9.17) is 17.0 Å². The zero-order valence-corrected chi connectivity index (χ0v) is 16.8. The van der Waals surface area contributed by atoms with Crippen LogP contribution in [0.25, 0.3) is 6.08 Å². The third kappa shape index (κ3) is 6.85. The molecular weight excluding hydrogens is 374 g/mol. The molecule has 2 aromatic carbocycles. The molecule has 0 unspecified atom stereocenters. The fourth-order valence-corrected chi connectivity index (χ4v) is 2.38. The number of hydrogen-bond donors (Lipinski definition) is 3. The maximum atomic E-state index is 12.0. The van der Waals surface area contributed by atoms with Gasteiger partial charge in [-0.05, 0) is 54.2 Å². The van der Waals surface area contributed by atoms with E-state index in [0.29, 0.717) is 11.4 Å². The van der Waals surface area contributed by atoms with Gasteiger partial charge in [0.2, 0.25) is 11.8 Å². The van der Waals surface area contributed by atoms with Crippen molar-refractivity contribution in [3.63, 3.8) is 0 Å². The molecular formula is C21H23N3O3S. The number of nitrogens with one attached hydrogen (secondary N) is 3. The van der Waals surface area contributed by atoms with Gasteiger partial charge in [-0.3, -0.25) is 14.9 Å². The SMILES string of the molecule is COc1ccc(/C=C/C(=O)NC(=S)Nc2cccc(NC(=O)C(C)C)c2)cc1. The fourth-order valence-electron chi connectivity index (χ4n) is 2.16. The van der Waals surface area contributed by atoms with Crippen LogP contribution in [-0.2, 0) is 9.59 Å². The average molecular weight is 398 g/mol. The summed E-state index contributed by atoms with van der Waals surface area (Å²) in [6.07, 6.45) is 3.08. The first-order valence-corrected chi connectivity index (χ1v) is 9.13. The molecule has 146 valence electrons. The second-order valence-electron chi connectivity index (χ2n) is 6.27. The van der Waals surface area contributed by atoms with E-state index in [1.165, 1.54) is 6.08 Å². The number of ether oxygens (including phenoxy) is 1. The summed E-state index contributed by atoms with van der Waals surface area (Å²) in [5.74, 6) is 0.211. The van der Waals surface area contributed by atoms with Gasteiger partial charge < -0.3 is 15.4 Å². The standard InChI is InChI=1S/C21H23N3O3S/c1-14(2)20(26)22-16-5-4-6-17(13-16)23-21(28)24-19(25)12-9-15-7-10-18(27-3)11-8-15/h4-14H,1-3H3,(H,22,26)(H2,23,24,25,28)/b12-9+. The van der Waals surface area contributed by atoms with Crippen LogP contribution in [0.5, 0.6) is 5.75 Å². The molecule has 0 aliphatic rings. The largest absolute Gasteiger partial charge is 0.497 e. The Morgan fingerprint density at radius 1 is 1.04 bits per heavy atom. The second kappa shape index (κ2) is 10.2. The molecule has 0 heterocycles. The molecule has 2 amide bonds. The molecule has 0 atom stereocenters. The smallest absolute Gasteiger partial charge is 0.250 e. The molecule has 0 fully saturated rings. The van der Waals surface area contributed by atoms with Crippen LogP contribution in [0.1, 0.15) is 19.4 Å². The molecule has 0 aromatic heterocycles. The van der Waals surface area contributed by atoms with Crippen LogP contribution in [-0.4, -0.2) is 24.0 Å². The van der Waals surface area contributed by atoms with Crippen molar-refractivity contribution in [2.75, 3.05) is 17.7 Å². The monoisotopic (exact) mass is 397 g/mol. The van der Waals surface area contributed by atoms with Gasteiger partial charge in [-0.2, -0.15) is 0 Å². The van der Waals surface area contributed by atoms with Crippen LogP contribution in [0.2, 0.25) is 0 Å². The van der Waals surface area contributed by atoms with Crippen molar-refractivity contribution in [3.05, 3.63) is 60.2 Å². The minimum atomic E-state index is -0.349. The van der Waals surface area contributed by atoms with E-state index < -0.39 is 0 Å². The highest BCUT2D eigenvalue weighted by atomic mass is 32.1. The molecule has 3 N–H and O–H groups in total. The van der Waals surface area contributed by atoms with Crippen molar-refractivity contribution >= 4 is 46.6 Å². The summed E-state index contributed by atoms with van der Waals surface area (Å²) in [5, 5.41) is 8.49. The third-order valence-corrected chi connectivity index (χ3v) is 3.90. The van der Waals surface area contributed by atoms with Gasteiger partial charge in [-0.15, -0.1) is 0 Å². The minimum absolute atomic E-state index is 0.0725. The van der Waals surface area contributed by atoms with Crippen LogP contribution in [0.4, 0.5) is 11.4 Å². The molecule has 0 spiro atoms. The van der Waals surface area contributed by atoms with Crippen LogP contribution in [0.15, 0.2) is 54.6 Å². The van der Waals surface area contributed by atoms with E-state index in [2.05, 4.69) is 16.0 Å². The van der Waals surface area contributed by atoms with E-state index in [1.54, 1.807) is 37.5 Å². The van der Waals surface area contributed by atoms with Crippen molar-refractivity contribution in [2.45, 2.75) is 13.8 Å². The normalized spacial score (nSPS) is 10.6. The maximum absolute atomic E-state index is 12.0. The third-order valence-electron chi connectivity index (χ3n) is 3.69. The maximum Gasteiger partial charge on any atom is 0.250 e. The Morgan fingerprint density at radius 2 is 1.68 bits per heavy atom. The Morgan fingerprint density at radius 3 is 2.29 bits per heavy atom. The van der Waals surface area contributed by atoms with Gasteiger partial charge in [0.15, 0.2) is 5.11 Å². The summed E-state index contributed by atoms with van der Waals surface area (Å²) in [4.78, 5) is 23.8. The Balaban J connectivity index is 1.89. The lowest BCUT2D eigenvalue weighted by Crippen LogP contribution is -2.32. The van der Waals surface area contributed by atoms with Crippen molar-refractivity contribution < 1.29 is 14.3 Å². The van der Waals surface area contributed by atoms with E-state index in [-0.39, 0.29) is 22.8 Å². The number of anilines is 2. The molecule has 0 aliphatic carbocycles. The number of amides is 2. The molecule has 0 bridgehead atoms. The number of rotatable bonds is 6. The lowest BCUT2D eigenvalue weighted by Gasteiger charge is -2.11. The van der Waals surface area contributed by atoms with E-state index in [0.717, 1.165) is 11.3 Å². The molecule has 2 rings (SSSR count). The molecule has 6 nitrogen and oxygen atoms in total. The summed E-state index contributed by atoms with van der Waals surface area (Å²) in [6.45, 7) is 3.64. The van der Waals surface area contributed by atoms with E-state index in [9.17, 15) is 9.59 Å². The molecule has 28 heavy (non-hydrogen) atoms. The number of carbonyl (C=O) groups is 2. The Hall–Kier alpha value is -3.19. The molecule has 7 heteroatoms. The van der Waals surface area contributed by atoms with Crippen molar-refractivity contribution in [1.29, 1.82) is 0 Å².